The third-order valence-corrected chi connectivity index (χ3v) is 4.49. The highest BCUT2D eigenvalue weighted by atomic mass is 32.2. The number of methoxy groups -OCH3 is 1. The van der Waals surface area contributed by atoms with Gasteiger partial charge in [-0.25, -0.2) is 13.1 Å². The summed E-state index contributed by atoms with van der Waals surface area (Å²) in [6, 6.07) is 13.9. The van der Waals surface area contributed by atoms with E-state index in [1.807, 2.05) is 18.2 Å². The first-order valence-electron chi connectivity index (χ1n) is 6.47. The minimum absolute atomic E-state index is 0.166. The molecule has 2 rings (SSSR count). The SMILES string of the molecule is COc1ccccc1CNS(=O)(=O)c1cccc(CN)c1. The Kier molecular flexibility index (Phi) is 4.95. The van der Waals surface area contributed by atoms with Crippen LogP contribution in [-0.4, -0.2) is 15.5 Å². The lowest BCUT2D eigenvalue weighted by molar-refractivity contribution is 0.409. The molecule has 0 bridgehead atoms. The molecule has 3 N–H and O–H groups in total. The molecule has 112 valence electrons. The average molecular weight is 306 g/mol. The molecular formula is C15H18N2O3S. The van der Waals surface area contributed by atoms with Crippen molar-refractivity contribution in [2.45, 2.75) is 18.0 Å². The third-order valence-electron chi connectivity index (χ3n) is 3.09. The van der Waals surface area contributed by atoms with E-state index in [-0.39, 0.29) is 11.4 Å². The van der Waals surface area contributed by atoms with Crippen molar-refractivity contribution < 1.29 is 13.2 Å². The highest BCUT2D eigenvalue weighted by Gasteiger charge is 2.14. The maximum Gasteiger partial charge on any atom is 0.240 e. The summed E-state index contributed by atoms with van der Waals surface area (Å²) in [5.41, 5.74) is 7.08. The summed E-state index contributed by atoms with van der Waals surface area (Å²) in [5.74, 6) is 0.649. The van der Waals surface area contributed by atoms with Gasteiger partial charge in [-0.15, -0.1) is 0 Å². The molecular weight excluding hydrogens is 288 g/mol. The fourth-order valence-corrected chi connectivity index (χ4v) is 3.02. The van der Waals surface area contributed by atoms with E-state index in [0.29, 0.717) is 12.3 Å². The Labute approximate surface area is 124 Å². The Morgan fingerprint density at radius 1 is 1.14 bits per heavy atom. The number of nitrogens with one attached hydrogen (secondary N) is 1. The van der Waals surface area contributed by atoms with Gasteiger partial charge in [-0.05, 0) is 23.8 Å². The van der Waals surface area contributed by atoms with Gasteiger partial charge >= 0.3 is 0 Å². The number of hydrogen-bond acceptors (Lipinski definition) is 4. The molecule has 0 atom stereocenters. The quantitative estimate of drug-likeness (QED) is 0.850. The van der Waals surface area contributed by atoms with E-state index < -0.39 is 10.0 Å². The largest absolute Gasteiger partial charge is 0.496 e. The summed E-state index contributed by atoms with van der Waals surface area (Å²) in [6.07, 6.45) is 0. The van der Waals surface area contributed by atoms with Gasteiger partial charge in [-0.1, -0.05) is 30.3 Å². The van der Waals surface area contributed by atoms with E-state index in [1.54, 1.807) is 37.4 Å². The Hall–Kier alpha value is -1.89. The van der Waals surface area contributed by atoms with Crippen molar-refractivity contribution >= 4 is 10.0 Å². The lowest BCUT2D eigenvalue weighted by atomic mass is 10.2. The zero-order valence-electron chi connectivity index (χ0n) is 11.7. The molecule has 0 saturated carbocycles. The van der Waals surface area contributed by atoms with Gasteiger partial charge in [0, 0.05) is 18.7 Å². The molecule has 0 spiro atoms. The van der Waals surface area contributed by atoms with Gasteiger partial charge in [0.2, 0.25) is 10.0 Å². The monoisotopic (exact) mass is 306 g/mol. The molecule has 0 radical (unpaired) electrons. The van der Waals surface area contributed by atoms with Gasteiger partial charge in [0.1, 0.15) is 5.75 Å². The van der Waals surface area contributed by atoms with Gasteiger partial charge in [0.05, 0.1) is 12.0 Å². The highest BCUT2D eigenvalue weighted by Crippen LogP contribution is 2.18. The van der Waals surface area contributed by atoms with Crippen molar-refractivity contribution in [1.82, 2.24) is 4.72 Å². The van der Waals surface area contributed by atoms with Gasteiger partial charge in [0.25, 0.3) is 0 Å². The second kappa shape index (κ2) is 6.71. The normalized spacial score (nSPS) is 11.3. The Morgan fingerprint density at radius 3 is 2.62 bits per heavy atom. The number of nitrogens with two attached hydrogens (primary N) is 1. The van der Waals surface area contributed by atoms with Crippen molar-refractivity contribution in [2.24, 2.45) is 5.73 Å². The summed E-state index contributed by atoms with van der Waals surface area (Å²) < 4.78 is 32.3. The highest BCUT2D eigenvalue weighted by molar-refractivity contribution is 7.89. The van der Waals surface area contributed by atoms with E-state index in [2.05, 4.69) is 4.72 Å². The first-order valence-corrected chi connectivity index (χ1v) is 7.95. The molecule has 6 heteroatoms. The lowest BCUT2D eigenvalue weighted by Gasteiger charge is -2.10. The molecule has 21 heavy (non-hydrogen) atoms. The topological polar surface area (TPSA) is 81.4 Å². The van der Waals surface area contributed by atoms with Gasteiger partial charge in [0.15, 0.2) is 0 Å². The van der Waals surface area contributed by atoms with Crippen molar-refractivity contribution in [3.05, 3.63) is 59.7 Å². The number of ether oxygens (including phenoxy) is 1. The second-order valence-electron chi connectivity index (χ2n) is 4.49. The van der Waals surface area contributed by atoms with Crippen LogP contribution in [0.4, 0.5) is 0 Å². The van der Waals surface area contributed by atoms with E-state index in [9.17, 15) is 8.42 Å². The van der Waals surface area contributed by atoms with Crippen LogP contribution in [0, 0.1) is 0 Å². The summed E-state index contributed by atoms with van der Waals surface area (Å²) in [6.45, 7) is 0.467. The van der Waals surface area contributed by atoms with Crippen LogP contribution in [0.2, 0.25) is 0 Å². The fraction of sp³-hybridized carbons (Fsp3) is 0.200. The van der Waals surface area contributed by atoms with Gasteiger partial charge in [-0.3, -0.25) is 0 Å². The molecule has 0 saturated heterocycles. The Balaban J connectivity index is 2.18. The standard InChI is InChI=1S/C15H18N2O3S/c1-20-15-8-3-2-6-13(15)11-17-21(18,19)14-7-4-5-12(9-14)10-16/h2-9,17H,10-11,16H2,1H3. The summed E-state index contributed by atoms with van der Waals surface area (Å²) in [7, 11) is -2.02. The van der Waals surface area contributed by atoms with E-state index >= 15 is 0 Å². The van der Waals surface area contributed by atoms with Crippen LogP contribution < -0.4 is 15.2 Å². The number of rotatable bonds is 6. The Bertz CT molecular complexity index is 714. The van der Waals surface area contributed by atoms with Crippen molar-refractivity contribution in [3.8, 4) is 5.75 Å². The van der Waals surface area contributed by atoms with Crippen LogP contribution in [0.1, 0.15) is 11.1 Å². The van der Waals surface area contributed by atoms with Crippen LogP contribution in [0.3, 0.4) is 0 Å². The maximum absolute atomic E-state index is 12.3. The predicted molar refractivity (Wildman–Crippen MR) is 81.4 cm³/mol. The smallest absolute Gasteiger partial charge is 0.240 e. The molecule has 0 heterocycles. The number of para-hydroxylation sites is 1. The third kappa shape index (κ3) is 3.81. The van der Waals surface area contributed by atoms with Crippen molar-refractivity contribution in [1.29, 1.82) is 0 Å². The van der Waals surface area contributed by atoms with Crippen LogP contribution in [0.5, 0.6) is 5.75 Å². The van der Waals surface area contributed by atoms with Crippen LogP contribution in [0.25, 0.3) is 0 Å². The molecule has 0 unspecified atom stereocenters. The number of hydrogen-bond donors (Lipinski definition) is 2. The van der Waals surface area contributed by atoms with Gasteiger partial charge < -0.3 is 10.5 Å². The first-order chi connectivity index (χ1) is 10.1. The average Bonchev–Trinajstić information content (AvgIpc) is 2.53. The lowest BCUT2D eigenvalue weighted by Crippen LogP contribution is -2.23. The Morgan fingerprint density at radius 2 is 1.90 bits per heavy atom. The molecule has 0 amide bonds. The zero-order chi connectivity index (χ0) is 15.3. The molecule has 0 fully saturated rings. The molecule has 0 aliphatic heterocycles. The first kappa shape index (κ1) is 15.5. The number of sulfonamides is 1. The molecule has 0 aliphatic rings. The minimum Gasteiger partial charge on any atom is -0.496 e. The predicted octanol–water partition coefficient (Wildman–Crippen LogP) is 1.63. The zero-order valence-corrected chi connectivity index (χ0v) is 12.6. The van der Waals surface area contributed by atoms with Crippen LogP contribution in [-0.2, 0) is 23.1 Å². The van der Waals surface area contributed by atoms with E-state index in [4.69, 9.17) is 10.5 Å². The number of benzene rings is 2. The van der Waals surface area contributed by atoms with Crippen LogP contribution in [0.15, 0.2) is 53.4 Å². The minimum atomic E-state index is -3.58. The molecule has 0 aliphatic carbocycles. The van der Waals surface area contributed by atoms with Crippen molar-refractivity contribution in [2.75, 3.05) is 7.11 Å². The summed E-state index contributed by atoms with van der Waals surface area (Å²) >= 11 is 0. The van der Waals surface area contributed by atoms with E-state index in [0.717, 1.165) is 11.1 Å². The molecule has 2 aromatic rings. The van der Waals surface area contributed by atoms with E-state index in [1.165, 1.54) is 0 Å². The molecule has 5 nitrogen and oxygen atoms in total. The van der Waals surface area contributed by atoms with Crippen LogP contribution >= 0.6 is 0 Å². The summed E-state index contributed by atoms with van der Waals surface area (Å²) in [5, 5.41) is 0. The van der Waals surface area contributed by atoms with Crippen molar-refractivity contribution in [3.63, 3.8) is 0 Å². The molecule has 2 aromatic carbocycles. The fourth-order valence-electron chi connectivity index (χ4n) is 1.94. The maximum atomic E-state index is 12.3. The molecule has 0 aromatic heterocycles. The summed E-state index contributed by atoms with van der Waals surface area (Å²) in [4.78, 5) is 0.209. The second-order valence-corrected chi connectivity index (χ2v) is 6.25. The van der Waals surface area contributed by atoms with Gasteiger partial charge in [-0.2, -0.15) is 0 Å².